The number of benzene rings is 1. The fourth-order valence-corrected chi connectivity index (χ4v) is 5.06. The van der Waals surface area contributed by atoms with Gasteiger partial charge in [-0.2, -0.15) is 0 Å². The number of likely N-dealkylation sites (N-methyl/N-ethyl adjacent to an activating group) is 1. The molecule has 2 aliphatic heterocycles. The number of aryl methyl sites for hydroxylation is 1. The molecule has 2 aliphatic rings. The van der Waals surface area contributed by atoms with Gasteiger partial charge in [-0.15, -0.1) is 0 Å². The normalized spacial score (nSPS) is 22.3. The summed E-state index contributed by atoms with van der Waals surface area (Å²) in [5, 5.41) is 0. The zero-order valence-corrected chi connectivity index (χ0v) is 16.8. The molecule has 2 saturated heterocycles. The van der Waals surface area contributed by atoms with Crippen LogP contribution in [0, 0.1) is 5.41 Å². The topological polar surface area (TPSA) is 49.3 Å². The molecular formula is C23H30N4O. The summed E-state index contributed by atoms with van der Waals surface area (Å²) in [5.74, 6) is 0.850. The molecule has 1 amide bonds. The summed E-state index contributed by atoms with van der Waals surface area (Å²) in [5.41, 5.74) is 2.69. The van der Waals surface area contributed by atoms with Gasteiger partial charge in [-0.05, 0) is 49.6 Å². The van der Waals surface area contributed by atoms with E-state index in [2.05, 4.69) is 57.1 Å². The van der Waals surface area contributed by atoms with Crippen molar-refractivity contribution in [3.8, 4) is 0 Å². The number of carbonyl (C=O) groups excluding carboxylic acids is 1. The van der Waals surface area contributed by atoms with Crippen molar-refractivity contribution in [1.82, 2.24) is 19.8 Å². The minimum absolute atomic E-state index is 0.254. The maximum Gasteiger partial charge on any atom is 0.222 e. The highest BCUT2D eigenvalue weighted by Gasteiger charge is 2.41. The van der Waals surface area contributed by atoms with Crippen LogP contribution < -0.4 is 0 Å². The first kappa shape index (κ1) is 19.1. The summed E-state index contributed by atoms with van der Waals surface area (Å²) in [6.45, 7) is 4.05. The molecule has 1 atom stereocenters. The van der Waals surface area contributed by atoms with Gasteiger partial charge in [-0.1, -0.05) is 30.3 Å². The summed E-state index contributed by atoms with van der Waals surface area (Å²) >= 11 is 0. The predicted octanol–water partition coefficient (Wildman–Crippen LogP) is 3.14. The maximum absolute atomic E-state index is 12.7. The van der Waals surface area contributed by atoms with Crippen LogP contribution in [0.25, 0.3) is 0 Å². The number of carbonyl (C=O) groups is 1. The lowest BCUT2D eigenvalue weighted by molar-refractivity contribution is -0.134. The minimum atomic E-state index is 0.254. The number of hydrogen-bond donors (Lipinski definition) is 0. The summed E-state index contributed by atoms with van der Waals surface area (Å²) < 4.78 is 0. The van der Waals surface area contributed by atoms with Gasteiger partial charge >= 0.3 is 0 Å². The van der Waals surface area contributed by atoms with Crippen LogP contribution in [0.3, 0.4) is 0 Å². The fourth-order valence-electron chi connectivity index (χ4n) is 5.06. The van der Waals surface area contributed by atoms with Gasteiger partial charge in [-0.25, -0.2) is 0 Å². The van der Waals surface area contributed by atoms with E-state index in [-0.39, 0.29) is 5.91 Å². The molecule has 5 nitrogen and oxygen atoms in total. The third-order valence-electron chi connectivity index (χ3n) is 6.48. The molecular weight excluding hydrogens is 348 g/mol. The van der Waals surface area contributed by atoms with Crippen molar-refractivity contribution >= 4 is 5.91 Å². The lowest BCUT2D eigenvalue weighted by Crippen LogP contribution is -2.51. The van der Waals surface area contributed by atoms with Crippen molar-refractivity contribution in [2.24, 2.45) is 5.41 Å². The van der Waals surface area contributed by atoms with Crippen LogP contribution in [-0.4, -0.2) is 58.9 Å². The van der Waals surface area contributed by atoms with Crippen LogP contribution in [-0.2, 0) is 11.2 Å². The molecule has 3 heterocycles. The summed E-state index contributed by atoms with van der Waals surface area (Å²) in [4.78, 5) is 25.6. The van der Waals surface area contributed by atoms with E-state index in [1.54, 1.807) is 18.6 Å². The third-order valence-corrected chi connectivity index (χ3v) is 6.48. The first-order chi connectivity index (χ1) is 13.6. The first-order valence-corrected chi connectivity index (χ1v) is 10.4. The second kappa shape index (κ2) is 8.39. The predicted molar refractivity (Wildman–Crippen MR) is 110 cm³/mol. The number of hydrogen-bond acceptors (Lipinski definition) is 4. The van der Waals surface area contributed by atoms with Crippen molar-refractivity contribution in [3.05, 3.63) is 60.2 Å². The quantitative estimate of drug-likeness (QED) is 0.820. The Morgan fingerprint density at radius 2 is 1.96 bits per heavy atom. The second-order valence-electron chi connectivity index (χ2n) is 8.59. The highest BCUT2D eigenvalue weighted by molar-refractivity contribution is 5.76. The van der Waals surface area contributed by atoms with E-state index in [0.29, 0.717) is 24.2 Å². The Hall–Kier alpha value is -2.27. The summed E-state index contributed by atoms with van der Waals surface area (Å²) in [6.07, 6.45) is 9.76. The highest BCUT2D eigenvalue weighted by Crippen LogP contribution is 2.44. The molecule has 1 aromatic carbocycles. The average Bonchev–Trinajstić information content (AvgIpc) is 2.73. The molecule has 1 spiro atoms. The lowest BCUT2D eigenvalue weighted by Gasteiger charge is -2.49. The molecule has 2 aromatic rings. The molecule has 148 valence electrons. The van der Waals surface area contributed by atoms with Crippen molar-refractivity contribution in [2.75, 3.05) is 33.2 Å². The van der Waals surface area contributed by atoms with E-state index in [9.17, 15) is 4.79 Å². The molecule has 1 aromatic heterocycles. The Morgan fingerprint density at radius 1 is 1.18 bits per heavy atom. The van der Waals surface area contributed by atoms with Crippen molar-refractivity contribution in [3.63, 3.8) is 0 Å². The number of rotatable bonds is 4. The van der Waals surface area contributed by atoms with Crippen molar-refractivity contribution in [1.29, 1.82) is 0 Å². The van der Waals surface area contributed by atoms with Gasteiger partial charge < -0.3 is 9.80 Å². The van der Waals surface area contributed by atoms with Crippen LogP contribution in [0.5, 0.6) is 0 Å². The third kappa shape index (κ3) is 4.41. The lowest BCUT2D eigenvalue weighted by atomic mass is 9.68. The van der Waals surface area contributed by atoms with Gasteiger partial charge in [0.25, 0.3) is 0 Å². The Kier molecular flexibility index (Phi) is 5.72. The smallest absolute Gasteiger partial charge is 0.222 e. The summed E-state index contributed by atoms with van der Waals surface area (Å²) in [6, 6.07) is 10.9. The molecule has 0 saturated carbocycles. The Bertz CT molecular complexity index is 772. The van der Waals surface area contributed by atoms with Gasteiger partial charge in [0.15, 0.2) is 0 Å². The largest absolute Gasteiger partial charge is 0.343 e. The second-order valence-corrected chi connectivity index (χ2v) is 8.59. The molecule has 0 N–H and O–H groups in total. The van der Waals surface area contributed by atoms with Gasteiger partial charge in [0.1, 0.15) is 0 Å². The van der Waals surface area contributed by atoms with Gasteiger partial charge in [0.2, 0.25) is 5.91 Å². The number of amides is 1. The average molecular weight is 379 g/mol. The van der Waals surface area contributed by atoms with Crippen LogP contribution in [0.15, 0.2) is 48.9 Å². The number of aromatic nitrogens is 2. The monoisotopic (exact) mass is 378 g/mol. The molecule has 0 unspecified atom stereocenters. The highest BCUT2D eigenvalue weighted by atomic mass is 16.2. The van der Waals surface area contributed by atoms with Gasteiger partial charge in [0, 0.05) is 51.2 Å². The number of piperidine rings is 2. The van der Waals surface area contributed by atoms with Crippen LogP contribution >= 0.6 is 0 Å². The summed E-state index contributed by atoms with van der Waals surface area (Å²) in [7, 11) is 2.25. The van der Waals surface area contributed by atoms with Crippen LogP contribution in [0.2, 0.25) is 0 Å². The van der Waals surface area contributed by atoms with Crippen LogP contribution in [0.1, 0.15) is 42.9 Å². The molecule has 0 radical (unpaired) electrons. The SMILES string of the molecule is CN1C[C@@H](c2ccccc2)CC2(CCN(C(=O)CCc3cnccn3)CC2)C1. The zero-order valence-electron chi connectivity index (χ0n) is 16.8. The molecule has 0 aliphatic carbocycles. The van der Waals surface area contributed by atoms with Crippen molar-refractivity contribution in [2.45, 2.75) is 38.0 Å². The Labute approximate surface area is 167 Å². The van der Waals surface area contributed by atoms with Crippen molar-refractivity contribution < 1.29 is 4.79 Å². The molecule has 2 fully saturated rings. The zero-order chi connectivity index (χ0) is 19.4. The van der Waals surface area contributed by atoms with E-state index < -0.39 is 0 Å². The fraction of sp³-hybridized carbons (Fsp3) is 0.522. The van der Waals surface area contributed by atoms with E-state index in [1.807, 2.05) is 0 Å². The maximum atomic E-state index is 12.7. The Balaban J connectivity index is 1.34. The molecule has 4 rings (SSSR count). The molecule has 5 heteroatoms. The molecule has 0 bridgehead atoms. The molecule has 28 heavy (non-hydrogen) atoms. The standard InChI is InChI=1S/C23H30N4O/c1-26-17-20(19-5-3-2-4-6-19)15-23(18-26)9-13-27(14-10-23)22(28)8-7-21-16-24-11-12-25-21/h2-6,11-12,16,20H,7-10,13-15,17-18H2,1H3/t20-/m0/s1. The van der Waals surface area contributed by atoms with E-state index in [4.69, 9.17) is 0 Å². The number of likely N-dealkylation sites (tertiary alicyclic amines) is 2. The van der Waals surface area contributed by atoms with Gasteiger partial charge in [0.05, 0.1) is 5.69 Å². The van der Waals surface area contributed by atoms with Crippen LogP contribution in [0.4, 0.5) is 0 Å². The number of nitrogens with zero attached hydrogens (tertiary/aromatic N) is 4. The van der Waals surface area contributed by atoms with E-state index >= 15 is 0 Å². The Morgan fingerprint density at radius 3 is 2.68 bits per heavy atom. The minimum Gasteiger partial charge on any atom is -0.343 e. The van der Waals surface area contributed by atoms with E-state index in [0.717, 1.165) is 44.7 Å². The first-order valence-electron chi connectivity index (χ1n) is 10.4. The van der Waals surface area contributed by atoms with Gasteiger partial charge in [-0.3, -0.25) is 14.8 Å². The van der Waals surface area contributed by atoms with E-state index in [1.165, 1.54) is 12.0 Å².